The number of unbranched alkanes of at least 4 members (excludes halogenated alkanes) is 1. The van der Waals surface area contributed by atoms with E-state index in [0.717, 1.165) is 23.1 Å². The Labute approximate surface area is 219 Å². The van der Waals surface area contributed by atoms with E-state index in [1.54, 1.807) is 32.5 Å². The van der Waals surface area contributed by atoms with Crippen LogP contribution in [0.15, 0.2) is 36.8 Å². The van der Waals surface area contributed by atoms with E-state index in [4.69, 9.17) is 14.2 Å². The van der Waals surface area contributed by atoms with Gasteiger partial charge in [-0.05, 0) is 25.5 Å². The third-order valence-corrected chi connectivity index (χ3v) is 5.59. The van der Waals surface area contributed by atoms with Gasteiger partial charge < -0.3 is 29.7 Å². The average Bonchev–Trinajstić information content (AvgIpc) is 2.92. The van der Waals surface area contributed by atoms with Crippen LogP contribution in [0, 0.1) is 0 Å². The molecule has 0 saturated heterocycles. The van der Waals surface area contributed by atoms with Gasteiger partial charge in [0.05, 0.1) is 38.2 Å². The summed E-state index contributed by atoms with van der Waals surface area (Å²) < 4.78 is 16.1. The molecular weight excluding hydrogens is 472 g/mol. The fourth-order valence-electron chi connectivity index (χ4n) is 3.41. The minimum atomic E-state index is -0.305. The zero-order chi connectivity index (χ0) is 27.2. The molecule has 0 radical (unpaired) electrons. The van der Waals surface area contributed by atoms with Crippen molar-refractivity contribution in [2.75, 3.05) is 44.6 Å². The van der Waals surface area contributed by atoms with Crippen molar-refractivity contribution in [3.05, 3.63) is 36.8 Å². The second-order valence-corrected chi connectivity index (χ2v) is 8.32. The average molecular weight is 513 g/mol. The van der Waals surface area contributed by atoms with Gasteiger partial charge in [-0.3, -0.25) is 0 Å². The van der Waals surface area contributed by atoms with Crippen LogP contribution in [-0.4, -0.2) is 61.4 Å². The maximum Gasteiger partial charge on any atom is 0.319 e. The van der Waals surface area contributed by atoms with Crippen LogP contribution >= 0.6 is 0 Å². The standard InChI is InChI=1S/C23H30N6O4.C4H10/c1-6-15(27-23(30)28-16-8-9-21(24-12-16)33-7-2)13-29(3)22-17-10-19(31-4)20(32-5)11-18(17)25-14-26-22;1-3-4-2/h8-12,14-15H,6-7,13H2,1-5H3,(H2,27,28,30);3-4H2,1-2H3. The van der Waals surface area contributed by atoms with Gasteiger partial charge in [0, 0.05) is 37.2 Å². The van der Waals surface area contributed by atoms with Gasteiger partial charge in [-0.15, -0.1) is 0 Å². The molecule has 0 aliphatic rings. The Morgan fingerprint density at radius 1 is 1.00 bits per heavy atom. The summed E-state index contributed by atoms with van der Waals surface area (Å²) in [5.41, 5.74) is 1.33. The number of ether oxygens (including phenoxy) is 3. The number of methoxy groups -OCH3 is 2. The Bertz CT molecular complexity index is 1110. The number of fused-ring (bicyclic) bond motifs is 1. The monoisotopic (exact) mass is 512 g/mol. The molecule has 3 aromatic rings. The Morgan fingerprint density at radius 2 is 1.70 bits per heavy atom. The highest BCUT2D eigenvalue weighted by atomic mass is 16.5. The van der Waals surface area contributed by atoms with Gasteiger partial charge in [0.15, 0.2) is 11.5 Å². The van der Waals surface area contributed by atoms with Gasteiger partial charge in [0.1, 0.15) is 12.1 Å². The number of carbonyl (C=O) groups is 1. The lowest BCUT2D eigenvalue weighted by molar-refractivity contribution is 0.248. The quantitative estimate of drug-likeness (QED) is 0.357. The van der Waals surface area contributed by atoms with Crippen molar-refractivity contribution in [3.63, 3.8) is 0 Å². The summed E-state index contributed by atoms with van der Waals surface area (Å²) in [6.45, 7) is 9.35. The van der Waals surface area contributed by atoms with E-state index in [-0.39, 0.29) is 12.1 Å². The topological polar surface area (TPSA) is 111 Å². The molecular formula is C27H40N6O4. The third kappa shape index (κ3) is 8.66. The Kier molecular flexibility index (Phi) is 12.2. The molecule has 202 valence electrons. The molecule has 0 aliphatic heterocycles. The predicted molar refractivity (Wildman–Crippen MR) is 148 cm³/mol. The first kappa shape index (κ1) is 29.4. The number of rotatable bonds is 11. The van der Waals surface area contributed by atoms with Crippen LogP contribution in [0.5, 0.6) is 17.4 Å². The fraction of sp³-hybridized carbons (Fsp3) is 0.481. The molecule has 0 spiro atoms. The van der Waals surface area contributed by atoms with Gasteiger partial charge in [0.25, 0.3) is 0 Å². The van der Waals surface area contributed by atoms with Crippen LogP contribution in [0.1, 0.15) is 47.0 Å². The van der Waals surface area contributed by atoms with E-state index < -0.39 is 0 Å². The van der Waals surface area contributed by atoms with Gasteiger partial charge in [-0.2, -0.15) is 0 Å². The van der Waals surface area contributed by atoms with Crippen molar-refractivity contribution in [2.24, 2.45) is 0 Å². The molecule has 0 bridgehead atoms. The highest BCUT2D eigenvalue weighted by Gasteiger charge is 2.18. The molecule has 1 atom stereocenters. The van der Waals surface area contributed by atoms with Crippen molar-refractivity contribution < 1.29 is 19.0 Å². The van der Waals surface area contributed by atoms with Crippen LogP contribution in [0.2, 0.25) is 0 Å². The molecule has 1 aromatic carbocycles. The first-order chi connectivity index (χ1) is 17.9. The number of amides is 2. The number of hydrogen-bond acceptors (Lipinski definition) is 8. The zero-order valence-electron chi connectivity index (χ0n) is 23.0. The molecule has 0 aliphatic carbocycles. The van der Waals surface area contributed by atoms with Crippen molar-refractivity contribution in [1.29, 1.82) is 0 Å². The summed E-state index contributed by atoms with van der Waals surface area (Å²) in [7, 11) is 5.10. The molecule has 1 unspecified atom stereocenters. The lowest BCUT2D eigenvalue weighted by Gasteiger charge is -2.26. The molecule has 0 fully saturated rings. The molecule has 10 heteroatoms. The summed E-state index contributed by atoms with van der Waals surface area (Å²) in [6, 6.07) is 6.73. The van der Waals surface area contributed by atoms with Crippen LogP contribution in [0.4, 0.5) is 16.3 Å². The summed E-state index contributed by atoms with van der Waals surface area (Å²) in [6.07, 6.45) is 6.45. The van der Waals surface area contributed by atoms with E-state index >= 15 is 0 Å². The largest absolute Gasteiger partial charge is 0.493 e. The number of benzene rings is 1. The van der Waals surface area contributed by atoms with Gasteiger partial charge >= 0.3 is 6.03 Å². The first-order valence-electron chi connectivity index (χ1n) is 12.6. The number of nitrogens with zero attached hydrogens (tertiary/aromatic N) is 4. The van der Waals surface area contributed by atoms with Gasteiger partial charge in [-0.25, -0.2) is 19.7 Å². The van der Waals surface area contributed by atoms with E-state index in [9.17, 15) is 4.79 Å². The minimum Gasteiger partial charge on any atom is -0.493 e. The SMILES string of the molecule is CCCC.CCOc1ccc(NC(=O)NC(CC)CN(C)c2ncnc3cc(OC)c(OC)cc23)cn1. The number of likely N-dealkylation sites (N-methyl/N-ethyl adjacent to an activating group) is 1. The lowest BCUT2D eigenvalue weighted by Crippen LogP contribution is -2.44. The van der Waals surface area contributed by atoms with Crippen molar-refractivity contribution in [3.8, 4) is 17.4 Å². The van der Waals surface area contributed by atoms with E-state index in [1.807, 2.05) is 37.9 Å². The summed E-state index contributed by atoms with van der Waals surface area (Å²) in [4.78, 5) is 27.5. The number of urea groups is 1. The second-order valence-electron chi connectivity index (χ2n) is 8.32. The Morgan fingerprint density at radius 3 is 2.27 bits per heavy atom. The molecule has 2 amide bonds. The normalized spacial score (nSPS) is 11.1. The van der Waals surface area contributed by atoms with Crippen molar-refractivity contribution in [1.82, 2.24) is 20.3 Å². The third-order valence-electron chi connectivity index (χ3n) is 5.59. The van der Waals surface area contributed by atoms with Crippen molar-refractivity contribution >= 4 is 28.4 Å². The van der Waals surface area contributed by atoms with Crippen LogP contribution in [0.25, 0.3) is 10.9 Å². The van der Waals surface area contributed by atoms with Crippen molar-refractivity contribution in [2.45, 2.75) is 53.0 Å². The summed E-state index contributed by atoms with van der Waals surface area (Å²) in [5, 5.41) is 6.64. The Balaban J connectivity index is 0.00000112. The Hall–Kier alpha value is -3.82. The van der Waals surface area contributed by atoms with Crippen LogP contribution in [-0.2, 0) is 0 Å². The smallest absolute Gasteiger partial charge is 0.319 e. The number of nitrogens with one attached hydrogen (secondary N) is 2. The number of carbonyl (C=O) groups excluding carboxylic acids is 1. The van der Waals surface area contributed by atoms with E-state index in [0.29, 0.717) is 36.2 Å². The van der Waals surface area contributed by atoms with Crippen LogP contribution < -0.4 is 29.7 Å². The highest BCUT2D eigenvalue weighted by molar-refractivity contribution is 5.92. The molecule has 2 aromatic heterocycles. The predicted octanol–water partition coefficient (Wildman–Crippen LogP) is 5.28. The number of hydrogen-bond donors (Lipinski definition) is 2. The van der Waals surface area contributed by atoms with Gasteiger partial charge in [0.2, 0.25) is 5.88 Å². The zero-order valence-corrected chi connectivity index (χ0v) is 23.0. The van der Waals surface area contributed by atoms with Crippen LogP contribution in [0.3, 0.4) is 0 Å². The number of pyridine rings is 1. The lowest BCUT2D eigenvalue weighted by atomic mass is 10.1. The molecule has 3 rings (SSSR count). The highest BCUT2D eigenvalue weighted by Crippen LogP contribution is 2.34. The first-order valence-corrected chi connectivity index (χ1v) is 12.6. The minimum absolute atomic E-state index is 0.115. The molecule has 0 saturated carbocycles. The molecule has 10 nitrogen and oxygen atoms in total. The number of anilines is 2. The molecule has 37 heavy (non-hydrogen) atoms. The summed E-state index contributed by atoms with van der Waals surface area (Å²) >= 11 is 0. The summed E-state index contributed by atoms with van der Waals surface area (Å²) in [5.74, 6) is 2.45. The fourth-order valence-corrected chi connectivity index (χ4v) is 3.41. The maximum absolute atomic E-state index is 12.5. The maximum atomic E-state index is 12.5. The van der Waals surface area contributed by atoms with E-state index in [2.05, 4.69) is 39.4 Å². The molecule has 2 heterocycles. The number of aromatic nitrogens is 3. The molecule has 2 N–H and O–H groups in total. The van der Waals surface area contributed by atoms with E-state index in [1.165, 1.54) is 19.2 Å². The second kappa shape index (κ2) is 15.3. The van der Waals surface area contributed by atoms with Gasteiger partial charge in [-0.1, -0.05) is 33.6 Å².